The molecule has 2 rings (SSSR count). The smallest absolute Gasteiger partial charge is 0.416 e. The lowest BCUT2D eigenvalue weighted by atomic mass is 10.1. The van der Waals surface area contributed by atoms with Crippen molar-refractivity contribution in [3.8, 4) is 11.5 Å². The second kappa shape index (κ2) is 9.45. The SMILES string of the molecule is CC(=O)Oc1ccc(/C=C/SCc2ccc(C(F)(F)F)cc2)cc1OC(C)=O. The van der Waals surface area contributed by atoms with Crippen molar-refractivity contribution in [2.45, 2.75) is 25.8 Å². The number of ether oxygens (including phenoxy) is 2. The summed E-state index contributed by atoms with van der Waals surface area (Å²) >= 11 is 1.39. The van der Waals surface area contributed by atoms with Gasteiger partial charge in [0.05, 0.1) is 5.56 Å². The number of thioether (sulfide) groups is 1. The van der Waals surface area contributed by atoms with Crippen molar-refractivity contribution in [3.63, 3.8) is 0 Å². The fourth-order valence-electron chi connectivity index (χ4n) is 2.16. The van der Waals surface area contributed by atoms with Crippen molar-refractivity contribution in [1.82, 2.24) is 0 Å². The molecule has 0 saturated carbocycles. The molecule has 148 valence electrons. The lowest BCUT2D eigenvalue weighted by Gasteiger charge is -2.09. The Kier molecular flexibility index (Phi) is 7.28. The van der Waals surface area contributed by atoms with Crippen molar-refractivity contribution in [2.24, 2.45) is 0 Å². The Hall–Kier alpha value is -2.74. The Labute approximate surface area is 164 Å². The van der Waals surface area contributed by atoms with Gasteiger partial charge in [0.2, 0.25) is 0 Å². The van der Waals surface area contributed by atoms with Crippen molar-refractivity contribution in [2.75, 3.05) is 0 Å². The molecule has 2 aromatic rings. The summed E-state index contributed by atoms with van der Waals surface area (Å²) in [6.07, 6.45) is -2.59. The number of hydrogen-bond acceptors (Lipinski definition) is 5. The summed E-state index contributed by atoms with van der Waals surface area (Å²) < 4.78 is 47.7. The maximum absolute atomic E-state index is 12.5. The van der Waals surface area contributed by atoms with Crippen molar-refractivity contribution in [1.29, 1.82) is 0 Å². The summed E-state index contributed by atoms with van der Waals surface area (Å²) in [5, 5.41) is 1.77. The number of benzene rings is 2. The predicted octanol–water partition coefficient (Wildman–Crippen LogP) is 5.46. The first-order chi connectivity index (χ1) is 13.1. The van der Waals surface area contributed by atoms with Gasteiger partial charge in [-0.25, -0.2) is 0 Å². The van der Waals surface area contributed by atoms with E-state index in [1.165, 1.54) is 43.8 Å². The molecule has 0 atom stereocenters. The van der Waals surface area contributed by atoms with Gasteiger partial charge in [-0.2, -0.15) is 13.2 Å². The molecule has 0 amide bonds. The molecule has 0 saturated heterocycles. The van der Waals surface area contributed by atoms with E-state index in [1.54, 1.807) is 23.6 Å². The van der Waals surface area contributed by atoms with Gasteiger partial charge < -0.3 is 9.47 Å². The standard InChI is InChI=1S/C20H17F3O4S/c1-13(24)26-18-8-5-15(11-19(18)27-14(2)25)9-10-28-12-16-3-6-17(7-4-16)20(21,22)23/h3-11H,12H2,1-2H3/b10-9+. The third kappa shape index (κ3) is 6.77. The van der Waals surface area contributed by atoms with E-state index in [-0.39, 0.29) is 11.5 Å². The summed E-state index contributed by atoms with van der Waals surface area (Å²) in [7, 11) is 0. The normalized spacial score (nSPS) is 11.5. The number of alkyl halides is 3. The molecule has 0 aromatic heterocycles. The van der Waals surface area contributed by atoms with Crippen molar-refractivity contribution in [3.05, 3.63) is 64.6 Å². The Bertz CT molecular complexity index is 874. The van der Waals surface area contributed by atoms with Crippen LogP contribution in [0.15, 0.2) is 47.9 Å². The third-order valence-corrected chi connectivity index (χ3v) is 4.19. The van der Waals surface area contributed by atoms with Gasteiger partial charge >= 0.3 is 18.1 Å². The van der Waals surface area contributed by atoms with Crippen LogP contribution >= 0.6 is 11.8 Å². The molecular weight excluding hydrogens is 393 g/mol. The molecule has 0 unspecified atom stereocenters. The average molecular weight is 410 g/mol. The van der Waals surface area contributed by atoms with E-state index in [0.29, 0.717) is 11.3 Å². The topological polar surface area (TPSA) is 52.6 Å². The number of esters is 2. The maximum Gasteiger partial charge on any atom is 0.416 e. The lowest BCUT2D eigenvalue weighted by Crippen LogP contribution is -2.07. The molecule has 2 aromatic carbocycles. The molecule has 0 heterocycles. The lowest BCUT2D eigenvalue weighted by molar-refractivity contribution is -0.137. The van der Waals surface area contributed by atoms with E-state index in [0.717, 1.165) is 17.7 Å². The van der Waals surface area contributed by atoms with Crippen LogP contribution in [0.4, 0.5) is 13.2 Å². The molecule has 0 fully saturated rings. The van der Waals surface area contributed by atoms with Crippen molar-refractivity contribution < 1.29 is 32.2 Å². The van der Waals surface area contributed by atoms with E-state index >= 15 is 0 Å². The molecule has 8 heteroatoms. The van der Waals surface area contributed by atoms with Crippen LogP contribution in [0, 0.1) is 0 Å². The third-order valence-electron chi connectivity index (χ3n) is 3.36. The minimum atomic E-state index is -4.34. The highest BCUT2D eigenvalue weighted by Crippen LogP contribution is 2.31. The van der Waals surface area contributed by atoms with Gasteiger partial charge in [0, 0.05) is 19.6 Å². The minimum absolute atomic E-state index is 0.123. The van der Waals surface area contributed by atoms with E-state index in [2.05, 4.69) is 0 Å². The zero-order valence-corrected chi connectivity index (χ0v) is 15.9. The highest BCUT2D eigenvalue weighted by Gasteiger charge is 2.29. The van der Waals surface area contributed by atoms with E-state index in [1.807, 2.05) is 0 Å². The summed E-state index contributed by atoms with van der Waals surface area (Å²) in [6.45, 7) is 2.48. The second-order valence-corrected chi connectivity index (χ2v) is 6.60. The summed E-state index contributed by atoms with van der Waals surface area (Å²) in [4.78, 5) is 22.3. The zero-order chi connectivity index (χ0) is 20.7. The summed E-state index contributed by atoms with van der Waals surface area (Å²) in [6, 6.07) is 9.74. The first kappa shape index (κ1) is 21.6. The van der Waals surface area contributed by atoms with Gasteiger partial charge in [-0.1, -0.05) is 18.2 Å². The molecule has 0 N–H and O–H groups in total. The van der Waals surface area contributed by atoms with Crippen LogP contribution in [-0.2, 0) is 21.5 Å². The van der Waals surface area contributed by atoms with E-state index in [4.69, 9.17) is 9.47 Å². The van der Waals surface area contributed by atoms with Gasteiger partial charge in [-0.05, 0) is 46.9 Å². The Morgan fingerprint density at radius 2 is 1.57 bits per heavy atom. The highest BCUT2D eigenvalue weighted by atomic mass is 32.2. The Morgan fingerprint density at radius 3 is 2.14 bits per heavy atom. The monoisotopic (exact) mass is 410 g/mol. The Morgan fingerprint density at radius 1 is 0.964 bits per heavy atom. The van der Waals surface area contributed by atoms with Gasteiger partial charge in [0.15, 0.2) is 11.5 Å². The summed E-state index contributed by atoms with van der Waals surface area (Å²) in [5.74, 6) is -0.332. The number of carbonyl (C=O) groups excluding carboxylic acids is 2. The van der Waals surface area contributed by atoms with Crippen LogP contribution in [0.1, 0.15) is 30.5 Å². The van der Waals surface area contributed by atoms with Crippen LogP contribution in [0.2, 0.25) is 0 Å². The molecule has 4 nitrogen and oxygen atoms in total. The molecule has 0 aliphatic carbocycles. The predicted molar refractivity (Wildman–Crippen MR) is 101 cm³/mol. The fourth-order valence-corrected chi connectivity index (χ4v) is 2.90. The Balaban J connectivity index is 2.01. The quantitative estimate of drug-likeness (QED) is 0.468. The number of carbonyl (C=O) groups is 2. The second-order valence-electron chi connectivity index (χ2n) is 5.70. The van der Waals surface area contributed by atoms with E-state index in [9.17, 15) is 22.8 Å². The molecule has 28 heavy (non-hydrogen) atoms. The first-order valence-electron chi connectivity index (χ1n) is 8.10. The van der Waals surface area contributed by atoms with Crippen LogP contribution < -0.4 is 9.47 Å². The van der Waals surface area contributed by atoms with Crippen LogP contribution in [-0.4, -0.2) is 11.9 Å². The van der Waals surface area contributed by atoms with Gasteiger partial charge in [-0.3, -0.25) is 9.59 Å². The first-order valence-corrected chi connectivity index (χ1v) is 9.15. The van der Waals surface area contributed by atoms with Gasteiger partial charge in [0.25, 0.3) is 0 Å². The number of hydrogen-bond donors (Lipinski definition) is 0. The fraction of sp³-hybridized carbons (Fsp3) is 0.200. The van der Waals surface area contributed by atoms with Crippen LogP contribution in [0.5, 0.6) is 11.5 Å². The number of halogens is 3. The maximum atomic E-state index is 12.5. The van der Waals surface area contributed by atoms with E-state index < -0.39 is 23.7 Å². The van der Waals surface area contributed by atoms with Crippen LogP contribution in [0.3, 0.4) is 0 Å². The molecule has 0 radical (unpaired) electrons. The number of rotatable bonds is 6. The van der Waals surface area contributed by atoms with Gasteiger partial charge in [-0.15, -0.1) is 11.8 Å². The molecule has 0 spiro atoms. The minimum Gasteiger partial charge on any atom is -0.423 e. The average Bonchev–Trinajstić information content (AvgIpc) is 2.59. The molecule has 0 aliphatic heterocycles. The zero-order valence-electron chi connectivity index (χ0n) is 15.1. The largest absolute Gasteiger partial charge is 0.423 e. The summed E-state index contributed by atoms with van der Waals surface area (Å²) in [5.41, 5.74) is 0.781. The molecule has 0 bridgehead atoms. The molecule has 0 aliphatic rings. The van der Waals surface area contributed by atoms with Crippen molar-refractivity contribution >= 4 is 29.8 Å². The molecular formula is C20H17F3O4S. The highest BCUT2D eigenvalue weighted by molar-refractivity contribution is 8.01. The van der Waals surface area contributed by atoms with Gasteiger partial charge in [0.1, 0.15) is 0 Å². The van der Waals surface area contributed by atoms with Crippen LogP contribution in [0.25, 0.3) is 6.08 Å².